The number of esters is 1. The van der Waals surface area contributed by atoms with Gasteiger partial charge in [0.05, 0.1) is 6.61 Å². The van der Waals surface area contributed by atoms with Gasteiger partial charge in [-0.15, -0.1) is 0 Å². The van der Waals surface area contributed by atoms with Gasteiger partial charge in [0.15, 0.2) is 0 Å². The highest BCUT2D eigenvalue weighted by molar-refractivity contribution is 5.81. The number of halogens is 2. The van der Waals surface area contributed by atoms with Gasteiger partial charge in [0.2, 0.25) is 0 Å². The highest BCUT2D eigenvalue weighted by atomic mass is 19.1. The topological polar surface area (TPSA) is 46.5 Å². The molecule has 3 aromatic rings. The van der Waals surface area contributed by atoms with Crippen LogP contribution in [0.4, 0.5) is 8.78 Å². The van der Waals surface area contributed by atoms with Crippen molar-refractivity contribution in [2.75, 3.05) is 13.2 Å². The third kappa shape index (κ3) is 8.38. The van der Waals surface area contributed by atoms with Gasteiger partial charge in [0.1, 0.15) is 11.6 Å². The summed E-state index contributed by atoms with van der Waals surface area (Å²) in [4.78, 5) is 11.5. The molecule has 3 aromatic carbocycles. The fourth-order valence-electron chi connectivity index (χ4n) is 6.26. The van der Waals surface area contributed by atoms with Crippen molar-refractivity contribution in [2.24, 2.45) is 5.92 Å². The molecule has 1 fully saturated rings. The van der Waals surface area contributed by atoms with Gasteiger partial charge in [-0.3, -0.25) is 0 Å². The molecule has 0 bridgehead atoms. The molecule has 1 N–H and O–H groups in total. The summed E-state index contributed by atoms with van der Waals surface area (Å²) < 4.78 is 36.0. The lowest BCUT2D eigenvalue weighted by Gasteiger charge is -2.29. The molecule has 0 aromatic heterocycles. The number of hydrogen-bond acceptors (Lipinski definition) is 3. The number of carbonyl (C=O) groups is 1. The Morgan fingerprint density at radius 3 is 2.24 bits per heavy atom. The Labute approximate surface area is 249 Å². The molecule has 0 heterocycles. The fraction of sp³-hybridized carbons (Fsp3) is 0.432. The lowest BCUT2D eigenvalue weighted by Crippen LogP contribution is -2.13. The summed E-state index contributed by atoms with van der Waals surface area (Å²) in [6.07, 6.45) is 12.7. The lowest BCUT2D eigenvalue weighted by molar-refractivity contribution is -0.137. The van der Waals surface area contributed by atoms with Crippen molar-refractivity contribution in [3.05, 3.63) is 95.6 Å². The number of ether oxygens (including phenoxy) is 1. The molecule has 4 rings (SSSR count). The summed E-state index contributed by atoms with van der Waals surface area (Å²) in [5.41, 5.74) is 5.03. The Hall–Kier alpha value is -3.31. The van der Waals surface area contributed by atoms with Crippen molar-refractivity contribution in [1.29, 1.82) is 0 Å². The molecule has 0 aliphatic heterocycles. The van der Waals surface area contributed by atoms with E-state index in [9.17, 15) is 9.90 Å². The average Bonchev–Trinajstić information content (AvgIpc) is 3.00. The number of benzene rings is 3. The molecule has 3 nitrogen and oxygen atoms in total. The molecule has 42 heavy (non-hydrogen) atoms. The first kappa shape index (κ1) is 31.6. The highest BCUT2D eigenvalue weighted by Crippen LogP contribution is 2.39. The predicted molar refractivity (Wildman–Crippen MR) is 166 cm³/mol. The van der Waals surface area contributed by atoms with Gasteiger partial charge in [-0.25, -0.2) is 13.6 Å². The van der Waals surface area contributed by atoms with Crippen LogP contribution >= 0.6 is 0 Å². The van der Waals surface area contributed by atoms with Crippen LogP contribution in [-0.4, -0.2) is 24.3 Å². The second-order valence-electron chi connectivity index (χ2n) is 11.6. The standard InChI is InChI=1S/C37H44F2O3/c1-3-5-6-8-26-10-12-28(13-11-26)29-16-18-34(35(38)24-29)32-17-19-33(36(39)25-32)31-15-14-27(9-7-21-40)30(23-31)20-22-42-37(41)4-2/h4,14-19,23-26,28,40H,2-3,5-13,20-22H2,1H3. The van der Waals surface area contributed by atoms with Crippen molar-refractivity contribution >= 4 is 5.97 Å². The second-order valence-corrected chi connectivity index (χ2v) is 11.6. The lowest BCUT2D eigenvalue weighted by atomic mass is 9.77. The predicted octanol–water partition coefficient (Wildman–Crippen LogP) is 9.35. The SMILES string of the molecule is C=CC(=O)OCCc1cc(-c2ccc(-c3ccc(C4CCC(CCCCC)CC4)cc3F)cc2F)ccc1CCCO. The number of aliphatic hydroxyl groups excluding tert-OH is 1. The molecule has 1 aliphatic rings. The largest absolute Gasteiger partial charge is 0.462 e. The van der Waals surface area contributed by atoms with Crippen LogP contribution in [0.2, 0.25) is 0 Å². The molecule has 5 heteroatoms. The van der Waals surface area contributed by atoms with E-state index in [1.807, 2.05) is 24.3 Å². The zero-order valence-electron chi connectivity index (χ0n) is 24.8. The van der Waals surface area contributed by atoms with Crippen LogP contribution in [0.1, 0.15) is 87.3 Å². The summed E-state index contributed by atoms with van der Waals surface area (Å²) in [5, 5.41) is 9.28. The molecular formula is C37H44F2O3. The summed E-state index contributed by atoms with van der Waals surface area (Å²) in [6.45, 7) is 5.90. The van der Waals surface area contributed by atoms with Crippen molar-refractivity contribution in [1.82, 2.24) is 0 Å². The minimum atomic E-state index is -0.491. The normalized spacial score (nSPS) is 16.8. The molecule has 0 atom stereocenters. The Morgan fingerprint density at radius 2 is 1.57 bits per heavy atom. The van der Waals surface area contributed by atoms with E-state index >= 15 is 8.78 Å². The van der Waals surface area contributed by atoms with Gasteiger partial charge < -0.3 is 9.84 Å². The molecule has 0 spiro atoms. The molecule has 0 radical (unpaired) electrons. The number of unbranched alkanes of at least 4 members (excludes halogenated alkanes) is 2. The van der Waals surface area contributed by atoms with Crippen molar-refractivity contribution in [3.8, 4) is 22.3 Å². The first-order valence-electron chi connectivity index (χ1n) is 15.5. The zero-order valence-corrected chi connectivity index (χ0v) is 24.8. The van der Waals surface area contributed by atoms with Crippen LogP contribution in [0.25, 0.3) is 22.3 Å². The van der Waals surface area contributed by atoms with E-state index in [4.69, 9.17) is 4.74 Å². The van der Waals surface area contributed by atoms with E-state index in [-0.39, 0.29) is 19.0 Å². The molecule has 1 aliphatic carbocycles. The van der Waals surface area contributed by atoms with E-state index in [1.165, 1.54) is 44.6 Å². The number of rotatable bonds is 14. The van der Waals surface area contributed by atoms with Crippen LogP contribution in [-0.2, 0) is 22.4 Å². The number of carbonyl (C=O) groups excluding carboxylic acids is 1. The van der Waals surface area contributed by atoms with Crippen molar-refractivity contribution < 1.29 is 23.4 Å². The zero-order chi connectivity index (χ0) is 29.9. The number of aliphatic hydroxyl groups is 1. The smallest absolute Gasteiger partial charge is 0.330 e. The summed E-state index contributed by atoms with van der Waals surface area (Å²) in [7, 11) is 0. The van der Waals surface area contributed by atoms with Gasteiger partial charge in [-0.05, 0) is 90.3 Å². The van der Waals surface area contributed by atoms with Gasteiger partial charge >= 0.3 is 5.97 Å². The molecule has 0 amide bonds. The monoisotopic (exact) mass is 574 g/mol. The Morgan fingerprint density at radius 1 is 0.881 bits per heavy atom. The first-order chi connectivity index (χ1) is 20.4. The summed E-state index contributed by atoms with van der Waals surface area (Å²) in [6, 6.07) is 16.0. The maximum Gasteiger partial charge on any atom is 0.330 e. The minimum Gasteiger partial charge on any atom is -0.462 e. The van der Waals surface area contributed by atoms with Crippen LogP contribution in [0, 0.1) is 17.6 Å². The Bertz CT molecular complexity index is 1340. The van der Waals surface area contributed by atoms with Gasteiger partial charge in [-0.2, -0.15) is 0 Å². The van der Waals surface area contributed by atoms with Gasteiger partial charge in [-0.1, -0.05) is 81.7 Å². The molecule has 0 unspecified atom stereocenters. The van der Waals surface area contributed by atoms with E-state index in [1.54, 1.807) is 24.3 Å². The van der Waals surface area contributed by atoms with E-state index in [0.29, 0.717) is 47.4 Å². The Kier molecular flexibility index (Phi) is 11.9. The molecule has 224 valence electrons. The third-order valence-electron chi connectivity index (χ3n) is 8.71. The maximum atomic E-state index is 15.5. The van der Waals surface area contributed by atoms with Crippen LogP contribution in [0.3, 0.4) is 0 Å². The van der Waals surface area contributed by atoms with E-state index in [0.717, 1.165) is 41.5 Å². The van der Waals surface area contributed by atoms with Crippen LogP contribution in [0.15, 0.2) is 67.3 Å². The Balaban J connectivity index is 1.48. The number of hydrogen-bond donors (Lipinski definition) is 1. The van der Waals surface area contributed by atoms with Crippen molar-refractivity contribution in [3.63, 3.8) is 0 Å². The molecule has 1 saturated carbocycles. The molecular weight excluding hydrogens is 530 g/mol. The minimum absolute atomic E-state index is 0.0700. The average molecular weight is 575 g/mol. The molecule has 0 saturated heterocycles. The van der Waals surface area contributed by atoms with Crippen LogP contribution < -0.4 is 0 Å². The van der Waals surface area contributed by atoms with E-state index < -0.39 is 11.8 Å². The number of aryl methyl sites for hydroxylation is 1. The van der Waals surface area contributed by atoms with Gasteiger partial charge in [0.25, 0.3) is 0 Å². The second kappa shape index (κ2) is 15.8. The fourth-order valence-corrected chi connectivity index (χ4v) is 6.26. The summed E-state index contributed by atoms with van der Waals surface area (Å²) in [5.74, 6) is -0.0278. The highest BCUT2D eigenvalue weighted by Gasteiger charge is 2.23. The van der Waals surface area contributed by atoms with E-state index in [2.05, 4.69) is 13.5 Å². The van der Waals surface area contributed by atoms with Gasteiger partial charge in [0, 0.05) is 30.2 Å². The third-order valence-corrected chi connectivity index (χ3v) is 8.71. The first-order valence-corrected chi connectivity index (χ1v) is 15.5. The maximum absolute atomic E-state index is 15.5. The summed E-state index contributed by atoms with van der Waals surface area (Å²) >= 11 is 0. The quantitative estimate of drug-likeness (QED) is 0.119. The van der Waals surface area contributed by atoms with Crippen LogP contribution in [0.5, 0.6) is 0 Å². The van der Waals surface area contributed by atoms with Crippen molar-refractivity contribution in [2.45, 2.75) is 83.5 Å².